The van der Waals surface area contributed by atoms with Crippen molar-refractivity contribution in [1.82, 2.24) is 5.32 Å². The summed E-state index contributed by atoms with van der Waals surface area (Å²) in [6, 6.07) is 16.9. The van der Waals surface area contributed by atoms with Crippen LogP contribution in [-0.4, -0.2) is 18.9 Å². The molecule has 2 aromatic carbocycles. The summed E-state index contributed by atoms with van der Waals surface area (Å²) in [5, 5.41) is 5.26. The SMILES string of the molecule is CNC(=O)c1ccccc1NC(=O)/C=C/c1ccc(-c2ccc(F)cc2)s1. The van der Waals surface area contributed by atoms with E-state index < -0.39 is 0 Å². The summed E-state index contributed by atoms with van der Waals surface area (Å²) in [7, 11) is 1.54. The number of nitrogens with one attached hydrogen (secondary N) is 2. The predicted molar refractivity (Wildman–Crippen MR) is 107 cm³/mol. The summed E-state index contributed by atoms with van der Waals surface area (Å²) < 4.78 is 13.0. The van der Waals surface area contributed by atoms with Crippen molar-refractivity contribution in [3.8, 4) is 10.4 Å². The van der Waals surface area contributed by atoms with E-state index in [1.54, 1.807) is 42.5 Å². The van der Waals surface area contributed by atoms with E-state index in [0.717, 1.165) is 15.3 Å². The number of para-hydroxylation sites is 1. The molecule has 0 aliphatic carbocycles. The monoisotopic (exact) mass is 380 g/mol. The Labute approximate surface area is 160 Å². The lowest BCUT2D eigenvalue weighted by molar-refractivity contribution is -0.111. The largest absolute Gasteiger partial charge is 0.355 e. The first kappa shape index (κ1) is 18.5. The quantitative estimate of drug-likeness (QED) is 0.637. The third kappa shape index (κ3) is 4.68. The van der Waals surface area contributed by atoms with Gasteiger partial charge < -0.3 is 10.6 Å². The van der Waals surface area contributed by atoms with Crippen LogP contribution in [0.5, 0.6) is 0 Å². The molecule has 0 spiro atoms. The highest BCUT2D eigenvalue weighted by atomic mass is 32.1. The predicted octanol–water partition coefficient (Wildman–Crippen LogP) is 4.57. The Balaban J connectivity index is 1.69. The highest BCUT2D eigenvalue weighted by Crippen LogP contribution is 2.29. The van der Waals surface area contributed by atoms with Gasteiger partial charge in [0.25, 0.3) is 5.91 Å². The second-order valence-electron chi connectivity index (χ2n) is 5.66. The maximum absolute atomic E-state index is 13.0. The van der Waals surface area contributed by atoms with E-state index in [1.165, 1.54) is 36.6 Å². The Morgan fingerprint density at radius 1 is 1.00 bits per heavy atom. The second-order valence-corrected chi connectivity index (χ2v) is 6.77. The molecule has 6 heteroatoms. The van der Waals surface area contributed by atoms with Gasteiger partial charge in [-0.05, 0) is 48.0 Å². The highest BCUT2D eigenvalue weighted by molar-refractivity contribution is 7.16. The van der Waals surface area contributed by atoms with Crippen LogP contribution in [0.1, 0.15) is 15.2 Å². The van der Waals surface area contributed by atoms with Crippen molar-refractivity contribution in [3.05, 3.63) is 83.0 Å². The van der Waals surface area contributed by atoms with E-state index in [4.69, 9.17) is 0 Å². The van der Waals surface area contributed by atoms with Gasteiger partial charge >= 0.3 is 0 Å². The normalized spacial score (nSPS) is 10.7. The number of carbonyl (C=O) groups is 2. The molecule has 2 N–H and O–H groups in total. The van der Waals surface area contributed by atoms with Crippen LogP contribution in [0.2, 0.25) is 0 Å². The zero-order valence-electron chi connectivity index (χ0n) is 14.5. The molecule has 0 saturated carbocycles. The van der Waals surface area contributed by atoms with Gasteiger partial charge in [-0.3, -0.25) is 9.59 Å². The Bertz CT molecular complexity index is 993. The van der Waals surface area contributed by atoms with E-state index >= 15 is 0 Å². The molecule has 27 heavy (non-hydrogen) atoms. The minimum atomic E-state index is -0.330. The first-order valence-electron chi connectivity index (χ1n) is 8.23. The van der Waals surface area contributed by atoms with Crippen LogP contribution in [-0.2, 0) is 4.79 Å². The average molecular weight is 380 g/mol. The third-order valence-electron chi connectivity index (χ3n) is 3.81. The lowest BCUT2D eigenvalue weighted by atomic mass is 10.1. The molecular formula is C21H17FN2O2S. The molecule has 4 nitrogen and oxygen atoms in total. The number of carbonyl (C=O) groups excluding carboxylic acids is 2. The van der Waals surface area contributed by atoms with E-state index in [-0.39, 0.29) is 17.6 Å². The number of anilines is 1. The Hall–Kier alpha value is -3.25. The number of rotatable bonds is 5. The number of hydrogen-bond acceptors (Lipinski definition) is 3. The molecule has 1 aromatic heterocycles. The summed E-state index contributed by atoms with van der Waals surface area (Å²) in [5.74, 6) is -0.871. The minimum Gasteiger partial charge on any atom is -0.355 e. The fraction of sp³-hybridized carbons (Fsp3) is 0.0476. The number of halogens is 1. The van der Waals surface area contributed by atoms with Crippen LogP contribution in [0.4, 0.5) is 10.1 Å². The zero-order chi connectivity index (χ0) is 19.2. The maximum atomic E-state index is 13.0. The number of amides is 2. The highest BCUT2D eigenvalue weighted by Gasteiger charge is 2.10. The second kappa shape index (κ2) is 8.42. The molecule has 0 fully saturated rings. The van der Waals surface area contributed by atoms with Crippen molar-refractivity contribution in [2.75, 3.05) is 12.4 Å². The molecule has 0 aliphatic heterocycles. The minimum absolute atomic E-state index is 0.267. The van der Waals surface area contributed by atoms with Gasteiger partial charge in [0, 0.05) is 22.9 Å². The van der Waals surface area contributed by atoms with Gasteiger partial charge in [0.05, 0.1) is 11.3 Å². The number of hydrogen-bond donors (Lipinski definition) is 2. The lowest BCUT2D eigenvalue weighted by Crippen LogP contribution is -2.20. The molecule has 2 amide bonds. The summed E-state index contributed by atoms with van der Waals surface area (Å²) >= 11 is 1.50. The van der Waals surface area contributed by atoms with Crippen LogP contribution in [0.3, 0.4) is 0 Å². The van der Waals surface area contributed by atoms with Crippen LogP contribution < -0.4 is 10.6 Å². The summed E-state index contributed by atoms with van der Waals surface area (Å²) in [4.78, 5) is 25.9. The molecule has 0 atom stereocenters. The van der Waals surface area contributed by atoms with Crippen LogP contribution in [0.25, 0.3) is 16.5 Å². The molecule has 0 radical (unpaired) electrons. The summed E-state index contributed by atoms with van der Waals surface area (Å²) in [5.41, 5.74) is 1.77. The Morgan fingerprint density at radius 3 is 2.48 bits per heavy atom. The molecule has 1 heterocycles. The van der Waals surface area contributed by atoms with Crippen molar-refractivity contribution in [2.45, 2.75) is 0 Å². The molecule has 136 valence electrons. The van der Waals surface area contributed by atoms with Crippen LogP contribution >= 0.6 is 11.3 Å². The van der Waals surface area contributed by atoms with Gasteiger partial charge in [0.15, 0.2) is 0 Å². The first-order valence-corrected chi connectivity index (χ1v) is 9.04. The van der Waals surface area contributed by atoms with E-state index in [2.05, 4.69) is 10.6 Å². The topological polar surface area (TPSA) is 58.2 Å². The molecular weight excluding hydrogens is 363 g/mol. The maximum Gasteiger partial charge on any atom is 0.253 e. The lowest BCUT2D eigenvalue weighted by Gasteiger charge is -2.08. The summed E-state index contributed by atoms with van der Waals surface area (Å²) in [6.45, 7) is 0. The molecule has 0 saturated heterocycles. The number of benzene rings is 2. The van der Waals surface area contributed by atoms with Crippen molar-refractivity contribution >= 4 is 34.9 Å². The molecule has 0 unspecified atom stereocenters. The third-order valence-corrected chi connectivity index (χ3v) is 4.91. The average Bonchev–Trinajstić information content (AvgIpc) is 3.16. The Morgan fingerprint density at radius 2 is 1.74 bits per heavy atom. The fourth-order valence-electron chi connectivity index (χ4n) is 2.47. The smallest absolute Gasteiger partial charge is 0.253 e. The van der Waals surface area contributed by atoms with E-state index in [0.29, 0.717) is 11.3 Å². The van der Waals surface area contributed by atoms with Gasteiger partial charge in [-0.2, -0.15) is 0 Å². The van der Waals surface area contributed by atoms with Crippen molar-refractivity contribution in [1.29, 1.82) is 0 Å². The van der Waals surface area contributed by atoms with Crippen molar-refractivity contribution in [2.24, 2.45) is 0 Å². The van der Waals surface area contributed by atoms with Gasteiger partial charge in [-0.15, -0.1) is 11.3 Å². The van der Waals surface area contributed by atoms with Crippen LogP contribution in [0.15, 0.2) is 66.7 Å². The zero-order valence-corrected chi connectivity index (χ0v) is 15.3. The van der Waals surface area contributed by atoms with Gasteiger partial charge in [0.2, 0.25) is 5.91 Å². The Kier molecular flexibility index (Phi) is 5.78. The molecule has 0 bridgehead atoms. The molecule has 3 aromatic rings. The van der Waals surface area contributed by atoms with E-state index in [1.807, 2.05) is 12.1 Å². The van der Waals surface area contributed by atoms with Gasteiger partial charge in [-0.25, -0.2) is 4.39 Å². The van der Waals surface area contributed by atoms with Crippen molar-refractivity contribution < 1.29 is 14.0 Å². The number of thiophene rings is 1. The molecule has 3 rings (SSSR count). The van der Waals surface area contributed by atoms with Crippen LogP contribution in [0, 0.1) is 5.82 Å². The standard InChI is InChI=1S/C21H17FN2O2S/c1-23-21(26)17-4-2-3-5-18(17)24-20(25)13-11-16-10-12-19(27-16)14-6-8-15(22)9-7-14/h2-13H,1H3,(H,23,26)(H,24,25)/b13-11+. The van der Waals surface area contributed by atoms with Gasteiger partial charge in [0.1, 0.15) is 5.82 Å². The summed E-state index contributed by atoms with van der Waals surface area (Å²) in [6.07, 6.45) is 3.12. The van der Waals surface area contributed by atoms with Gasteiger partial charge in [-0.1, -0.05) is 24.3 Å². The first-order chi connectivity index (χ1) is 13.1. The van der Waals surface area contributed by atoms with E-state index in [9.17, 15) is 14.0 Å². The van der Waals surface area contributed by atoms with Crippen molar-refractivity contribution in [3.63, 3.8) is 0 Å². The molecule has 0 aliphatic rings. The fourth-order valence-corrected chi connectivity index (χ4v) is 3.38.